The fourth-order valence-corrected chi connectivity index (χ4v) is 2.12. The summed E-state index contributed by atoms with van der Waals surface area (Å²) < 4.78 is 0. The zero-order chi connectivity index (χ0) is 13.3. The van der Waals surface area contributed by atoms with Gasteiger partial charge in [-0.3, -0.25) is 9.59 Å². The van der Waals surface area contributed by atoms with Gasteiger partial charge in [0.15, 0.2) is 0 Å². The molecule has 0 aliphatic rings. The smallest absolute Gasteiger partial charge is 0.316 e. The summed E-state index contributed by atoms with van der Waals surface area (Å²) in [5, 5.41) is 8.33. The minimum atomic E-state index is -0.871. The summed E-state index contributed by atoms with van der Waals surface area (Å²) in [6.45, 7) is 9.85. The van der Waals surface area contributed by atoms with Crippen LogP contribution in [0.4, 0.5) is 0 Å². The zero-order valence-electron chi connectivity index (χ0n) is 10.1. The van der Waals surface area contributed by atoms with Crippen molar-refractivity contribution in [3.8, 4) is 0 Å². The molecule has 1 unspecified atom stereocenters. The number of hydrogen-bond donors (Lipinski definition) is 1. The predicted molar refractivity (Wildman–Crippen MR) is 71.1 cm³/mol. The van der Waals surface area contributed by atoms with Crippen molar-refractivity contribution in [2.75, 3.05) is 18.8 Å². The van der Waals surface area contributed by atoms with Gasteiger partial charge in [-0.25, -0.2) is 0 Å². The fourth-order valence-electron chi connectivity index (χ4n) is 1.22. The third-order valence-electron chi connectivity index (χ3n) is 2.11. The summed E-state index contributed by atoms with van der Waals surface area (Å²) in [6.07, 6.45) is 3.79. The SMILES string of the molecule is C=CCN(CC=C)C(=O)CSC(CC)C(=O)O. The first-order valence-corrected chi connectivity index (χ1v) is 6.45. The van der Waals surface area contributed by atoms with E-state index in [1.807, 2.05) is 0 Å². The van der Waals surface area contributed by atoms with E-state index in [9.17, 15) is 9.59 Å². The summed E-state index contributed by atoms with van der Waals surface area (Å²) in [4.78, 5) is 24.2. The number of carbonyl (C=O) groups excluding carboxylic acids is 1. The molecule has 5 heteroatoms. The van der Waals surface area contributed by atoms with Gasteiger partial charge in [0.1, 0.15) is 5.25 Å². The Labute approximate surface area is 106 Å². The van der Waals surface area contributed by atoms with Crippen LogP contribution in [-0.4, -0.2) is 46.0 Å². The van der Waals surface area contributed by atoms with Crippen molar-refractivity contribution < 1.29 is 14.7 Å². The number of carbonyl (C=O) groups is 2. The Hall–Kier alpha value is -1.23. The molecule has 0 saturated carbocycles. The topological polar surface area (TPSA) is 57.6 Å². The van der Waals surface area contributed by atoms with Crippen LogP contribution in [0.15, 0.2) is 25.3 Å². The van der Waals surface area contributed by atoms with Gasteiger partial charge in [-0.15, -0.1) is 24.9 Å². The zero-order valence-corrected chi connectivity index (χ0v) is 10.9. The van der Waals surface area contributed by atoms with E-state index in [1.165, 1.54) is 0 Å². The summed E-state index contributed by atoms with van der Waals surface area (Å²) in [5.74, 6) is -0.786. The van der Waals surface area contributed by atoms with E-state index in [0.29, 0.717) is 19.5 Å². The lowest BCUT2D eigenvalue weighted by Crippen LogP contribution is -2.33. The summed E-state index contributed by atoms with van der Waals surface area (Å²) in [7, 11) is 0. The lowest BCUT2D eigenvalue weighted by atomic mass is 10.3. The molecule has 0 aliphatic heterocycles. The number of amides is 1. The van der Waals surface area contributed by atoms with Crippen LogP contribution in [0, 0.1) is 0 Å². The second-order valence-corrected chi connectivity index (χ2v) is 4.61. The molecule has 96 valence electrons. The van der Waals surface area contributed by atoms with E-state index in [4.69, 9.17) is 5.11 Å². The third-order valence-corrected chi connectivity index (χ3v) is 3.46. The largest absolute Gasteiger partial charge is 0.480 e. The van der Waals surface area contributed by atoms with Crippen LogP contribution in [-0.2, 0) is 9.59 Å². The summed E-state index contributed by atoms with van der Waals surface area (Å²) >= 11 is 1.16. The van der Waals surface area contributed by atoms with E-state index in [-0.39, 0.29) is 11.7 Å². The Morgan fingerprint density at radius 2 is 1.88 bits per heavy atom. The van der Waals surface area contributed by atoms with E-state index < -0.39 is 11.2 Å². The maximum Gasteiger partial charge on any atom is 0.316 e. The Bertz CT molecular complexity index is 281. The number of aliphatic carboxylic acids is 1. The van der Waals surface area contributed by atoms with Crippen molar-refractivity contribution in [1.82, 2.24) is 4.90 Å². The van der Waals surface area contributed by atoms with Crippen LogP contribution in [0.1, 0.15) is 13.3 Å². The Morgan fingerprint density at radius 3 is 2.24 bits per heavy atom. The molecule has 0 saturated heterocycles. The molecule has 0 radical (unpaired) electrons. The number of hydrogen-bond acceptors (Lipinski definition) is 3. The van der Waals surface area contributed by atoms with Crippen molar-refractivity contribution in [1.29, 1.82) is 0 Å². The molecule has 0 fully saturated rings. The number of carboxylic acids is 1. The fraction of sp³-hybridized carbons (Fsp3) is 0.500. The Balaban J connectivity index is 4.24. The molecule has 0 spiro atoms. The number of nitrogens with zero attached hydrogens (tertiary/aromatic N) is 1. The first-order valence-electron chi connectivity index (χ1n) is 5.40. The van der Waals surface area contributed by atoms with Crippen LogP contribution in [0.2, 0.25) is 0 Å². The first-order chi connectivity index (χ1) is 8.06. The molecular weight excluding hydrogens is 238 g/mol. The number of rotatable bonds is 9. The predicted octanol–water partition coefficient (Wildman–Crippen LogP) is 1.78. The summed E-state index contributed by atoms with van der Waals surface area (Å²) in [5.41, 5.74) is 0. The third kappa shape index (κ3) is 6.16. The second-order valence-electron chi connectivity index (χ2n) is 3.42. The number of carboxylic acid groups (broad SMARTS) is 1. The summed E-state index contributed by atoms with van der Waals surface area (Å²) in [6, 6.07) is 0. The maximum absolute atomic E-state index is 11.8. The van der Waals surface area contributed by atoms with Crippen molar-refractivity contribution in [3.05, 3.63) is 25.3 Å². The highest BCUT2D eigenvalue weighted by molar-refractivity contribution is 8.01. The van der Waals surface area contributed by atoms with Gasteiger partial charge < -0.3 is 10.0 Å². The van der Waals surface area contributed by atoms with Gasteiger partial charge in [0, 0.05) is 13.1 Å². The first kappa shape index (κ1) is 15.8. The standard InChI is InChI=1S/C12H19NO3S/c1-4-7-13(8-5-2)11(14)9-17-10(6-3)12(15)16/h4-5,10H,1-2,6-9H2,3H3,(H,15,16). The van der Waals surface area contributed by atoms with E-state index in [0.717, 1.165) is 11.8 Å². The van der Waals surface area contributed by atoms with Crippen LogP contribution in [0.25, 0.3) is 0 Å². The van der Waals surface area contributed by atoms with Gasteiger partial charge >= 0.3 is 5.97 Å². The maximum atomic E-state index is 11.8. The van der Waals surface area contributed by atoms with E-state index in [1.54, 1.807) is 24.0 Å². The normalized spacial score (nSPS) is 11.6. The molecule has 17 heavy (non-hydrogen) atoms. The van der Waals surface area contributed by atoms with Crippen LogP contribution in [0.3, 0.4) is 0 Å². The van der Waals surface area contributed by atoms with Gasteiger partial charge in [0.2, 0.25) is 5.91 Å². The molecule has 0 heterocycles. The van der Waals surface area contributed by atoms with Crippen LogP contribution in [0.5, 0.6) is 0 Å². The molecule has 0 bridgehead atoms. The molecule has 1 atom stereocenters. The Kier molecular flexibility index (Phi) is 8.23. The molecule has 0 rings (SSSR count). The molecule has 0 aromatic heterocycles. The van der Waals surface area contributed by atoms with Gasteiger partial charge in [0.05, 0.1) is 5.75 Å². The molecular formula is C12H19NO3S. The highest BCUT2D eigenvalue weighted by atomic mass is 32.2. The lowest BCUT2D eigenvalue weighted by Gasteiger charge is -2.19. The minimum absolute atomic E-state index is 0.0884. The molecule has 0 aromatic carbocycles. The van der Waals surface area contributed by atoms with Crippen molar-refractivity contribution in [2.24, 2.45) is 0 Å². The monoisotopic (exact) mass is 257 g/mol. The second kappa shape index (κ2) is 8.87. The average Bonchev–Trinajstić information content (AvgIpc) is 2.28. The van der Waals surface area contributed by atoms with Crippen molar-refractivity contribution >= 4 is 23.6 Å². The van der Waals surface area contributed by atoms with Gasteiger partial charge in [0.25, 0.3) is 0 Å². The van der Waals surface area contributed by atoms with Gasteiger partial charge in [-0.2, -0.15) is 0 Å². The van der Waals surface area contributed by atoms with Crippen LogP contribution >= 0.6 is 11.8 Å². The molecule has 1 amide bonds. The molecule has 0 aromatic rings. The molecule has 0 aliphatic carbocycles. The average molecular weight is 257 g/mol. The highest BCUT2D eigenvalue weighted by Gasteiger charge is 2.19. The number of thioether (sulfide) groups is 1. The van der Waals surface area contributed by atoms with Crippen molar-refractivity contribution in [2.45, 2.75) is 18.6 Å². The molecule has 4 nitrogen and oxygen atoms in total. The highest BCUT2D eigenvalue weighted by Crippen LogP contribution is 2.15. The minimum Gasteiger partial charge on any atom is -0.480 e. The van der Waals surface area contributed by atoms with Gasteiger partial charge in [-0.1, -0.05) is 19.1 Å². The van der Waals surface area contributed by atoms with Gasteiger partial charge in [-0.05, 0) is 6.42 Å². The van der Waals surface area contributed by atoms with E-state index >= 15 is 0 Å². The van der Waals surface area contributed by atoms with E-state index in [2.05, 4.69) is 13.2 Å². The Morgan fingerprint density at radius 1 is 1.35 bits per heavy atom. The van der Waals surface area contributed by atoms with Crippen molar-refractivity contribution in [3.63, 3.8) is 0 Å². The quantitative estimate of drug-likeness (QED) is 0.640. The lowest BCUT2D eigenvalue weighted by molar-refractivity contribution is -0.136. The van der Waals surface area contributed by atoms with Crippen LogP contribution < -0.4 is 0 Å². The molecule has 1 N–H and O–H groups in total.